The highest BCUT2D eigenvalue weighted by Gasteiger charge is 2.35. The van der Waals surface area contributed by atoms with Crippen LogP contribution in [0.4, 0.5) is 13.2 Å². The van der Waals surface area contributed by atoms with Crippen molar-refractivity contribution in [3.05, 3.63) is 57.0 Å². The third-order valence-corrected chi connectivity index (χ3v) is 3.55. The summed E-state index contributed by atoms with van der Waals surface area (Å²) in [6, 6.07) is 8.30. The van der Waals surface area contributed by atoms with Gasteiger partial charge in [-0.25, -0.2) is 0 Å². The summed E-state index contributed by atoms with van der Waals surface area (Å²) >= 11 is 8.98. The Morgan fingerprint density at radius 3 is 2.33 bits per heavy atom. The Bertz CT molecular complexity index is 661. The van der Waals surface area contributed by atoms with Gasteiger partial charge in [-0.2, -0.15) is 13.2 Å². The fourth-order valence-electron chi connectivity index (χ4n) is 1.69. The van der Waals surface area contributed by atoms with E-state index in [1.165, 1.54) is 24.3 Å². The molecule has 0 radical (unpaired) electrons. The molecule has 0 amide bonds. The van der Waals surface area contributed by atoms with Crippen LogP contribution in [0.3, 0.4) is 0 Å². The Labute approximate surface area is 132 Å². The third-order valence-electron chi connectivity index (χ3n) is 2.70. The van der Waals surface area contributed by atoms with Gasteiger partial charge in [-0.1, -0.05) is 17.7 Å². The number of halogens is 5. The van der Waals surface area contributed by atoms with Gasteiger partial charge in [0.1, 0.15) is 11.5 Å². The Morgan fingerprint density at radius 1 is 1.10 bits per heavy atom. The number of hydrogen-bond acceptors (Lipinski definition) is 2. The summed E-state index contributed by atoms with van der Waals surface area (Å²) in [7, 11) is 0. The summed E-state index contributed by atoms with van der Waals surface area (Å²) in [5.74, 6) is -0.0480. The monoisotopic (exact) mass is 379 g/mol. The van der Waals surface area contributed by atoms with Crippen molar-refractivity contribution >= 4 is 27.5 Å². The molecule has 0 saturated carbocycles. The van der Waals surface area contributed by atoms with Gasteiger partial charge in [0, 0.05) is 11.6 Å². The Morgan fingerprint density at radius 2 is 1.76 bits per heavy atom. The fraction of sp³-hybridized carbons (Fsp3) is 0.143. The minimum absolute atomic E-state index is 0.0218. The molecule has 0 bridgehead atoms. The lowest BCUT2D eigenvalue weighted by molar-refractivity contribution is -0.138. The van der Waals surface area contributed by atoms with Crippen LogP contribution in [0.2, 0.25) is 5.02 Å². The van der Waals surface area contributed by atoms with Gasteiger partial charge in [0.05, 0.1) is 10.0 Å². The van der Waals surface area contributed by atoms with Crippen molar-refractivity contribution in [2.45, 2.75) is 12.7 Å². The van der Waals surface area contributed by atoms with Gasteiger partial charge < -0.3 is 10.5 Å². The Kier molecular flexibility index (Phi) is 4.81. The maximum Gasteiger partial charge on any atom is 0.419 e. The lowest BCUT2D eigenvalue weighted by Crippen LogP contribution is -2.09. The number of nitrogens with two attached hydrogens (primary N) is 1. The molecule has 0 aliphatic rings. The number of benzene rings is 2. The number of alkyl halides is 3. The topological polar surface area (TPSA) is 35.2 Å². The smallest absolute Gasteiger partial charge is 0.419 e. The van der Waals surface area contributed by atoms with Gasteiger partial charge in [0.15, 0.2) is 0 Å². The van der Waals surface area contributed by atoms with E-state index >= 15 is 0 Å². The van der Waals surface area contributed by atoms with Gasteiger partial charge in [0.2, 0.25) is 0 Å². The first-order valence-corrected chi connectivity index (χ1v) is 7.01. The Balaban J connectivity index is 2.44. The number of rotatable bonds is 3. The Hall–Kier alpha value is -1.24. The van der Waals surface area contributed by atoms with Gasteiger partial charge in [-0.05, 0) is 51.8 Å². The maximum absolute atomic E-state index is 13.1. The molecule has 0 aliphatic heterocycles. The van der Waals surface area contributed by atoms with E-state index in [2.05, 4.69) is 15.9 Å². The molecular formula is C14H10BrClF3NO. The molecule has 112 valence electrons. The fourth-order valence-corrected chi connectivity index (χ4v) is 2.45. The predicted molar refractivity (Wildman–Crippen MR) is 78.6 cm³/mol. The number of ether oxygens (including phenoxy) is 1. The van der Waals surface area contributed by atoms with E-state index in [1.807, 2.05) is 0 Å². The molecule has 7 heteroatoms. The molecule has 0 saturated heterocycles. The summed E-state index contributed by atoms with van der Waals surface area (Å²) in [5.41, 5.74) is 4.89. The largest absolute Gasteiger partial charge is 0.456 e. The normalized spacial score (nSPS) is 11.5. The molecular weight excluding hydrogens is 371 g/mol. The van der Waals surface area contributed by atoms with E-state index in [-0.39, 0.29) is 18.0 Å². The molecule has 2 nitrogen and oxygen atoms in total. The van der Waals surface area contributed by atoms with E-state index in [0.717, 1.165) is 6.07 Å². The predicted octanol–water partition coefficient (Wildman–Crippen LogP) is 5.37. The van der Waals surface area contributed by atoms with Crippen LogP contribution >= 0.6 is 27.5 Å². The zero-order chi connectivity index (χ0) is 15.6. The van der Waals surface area contributed by atoms with Crippen LogP contribution in [0.25, 0.3) is 0 Å². The molecule has 0 unspecified atom stereocenters. The second-order valence-corrected chi connectivity index (χ2v) is 5.50. The summed E-state index contributed by atoms with van der Waals surface area (Å²) < 4.78 is 45.1. The zero-order valence-corrected chi connectivity index (χ0v) is 12.9. The molecule has 2 N–H and O–H groups in total. The van der Waals surface area contributed by atoms with E-state index in [4.69, 9.17) is 22.1 Å². The first-order valence-electron chi connectivity index (χ1n) is 5.84. The van der Waals surface area contributed by atoms with Crippen LogP contribution < -0.4 is 10.5 Å². The van der Waals surface area contributed by atoms with Crippen LogP contribution in [-0.2, 0) is 12.7 Å². The first kappa shape index (κ1) is 16.1. The molecule has 2 aromatic rings. The van der Waals surface area contributed by atoms with Gasteiger partial charge in [-0.3, -0.25) is 0 Å². The van der Waals surface area contributed by atoms with Crippen molar-refractivity contribution in [2.24, 2.45) is 5.73 Å². The maximum atomic E-state index is 13.1. The van der Waals surface area contributed by atoms with E-state index in [0.29, 0.717) is 15.1 Å². The van der Waals surface area contributed by atoms with Gasteiger partial charge in [0.25, 0.3) is 0 Å². The molecule has 0 spiro atoms. The van der Waals surface area contributed by atoms with Crippen molar-refractivity contribution in [2.75, 3.05) is 0 Å². The van der Waals surface area contributed by atoms with Crippen LogP contribution in [0.1, 0.15) is 11.1 Å². The average Bonchev–Trinajstić information content (AvgIpc) is 2.41. The van der Waals surface area contributed by atoms with Crippen molar-refractivity contribution in [1.29, 1.82) is 0 Å². The second kappa shape index (κ2) is 6.25. The highest BCUT2D eigenvalue weighted by Crippen LogP contribution is 2.40. The van der Waals surface area contributed by atoms with Crippen molar-refractivity contribution in [1.82, 2.24) is 0 Å². The minimum atomic E-state index is -4.53. The van der Waals surface area contributed by atoms with Crippen LogP contribution in [0, 0.1) is 0 Å². The molecule has 2 aromatic carbocycles. The lowest BCUT2D eigenvalue weighted by Gasteiger charge is -2.15. The zero-order valence-electron chi connectivity index (χ0n) is 10.5. The van der Waals surface area contributed by atoms with E-state index < -0.39 is 11.7 Å². The highest BCUT2D eigenvalue weighted by atomic mass is 79.9. The van der Waals surface area contributed by atoms with E-state index in [9.17, 15) is 13.2 Å². The molecule has 0 heterocycles. The molecule has 21 heavy (non-hydrogen) atoms. The second-order valence-electron chi connectivity index (χ2n) is 4.21. The third kappa shape index (κ3) is 3.90. The molecule has 0 aliphatic carbocycles. The molecule has 0 fully saturated rings. The molecule has 2 rings (SSSR count). The van der Waals surface area contributed by atoms with E-state index in [1.54, 1.807) is 6.07 Å². The van der Waals surface area contributed by atoms with Crippen LogP contribution in [-0.4, -0.2) is 0 Å². The highest BCUT2D eigenvalue weighted by molar-refractivity contribution is 9.10. The number of hydrogen-bond donors (Lipinski definition) is 1. The van der Waals surface area contributed by atoms with Crippen LogP contribution in [0.5, 0.6) is 11.5 Å². The van der Waals surface area contributed by atoms with Crippen molar-refractivity contribution in [3.8, 4) is 11.5 Å². The summed E-state index contributed by atoms with van der Waals surface area (Å²) in [4.78, 5) is 0. The lowest BCUT2D eigenvalue weighted by atomic mass is 10.1. The van der Waals surface area contributed by atoms with Crippen molar-refractivity contribution in [3.63, 3.8) is 0 Å². The van der Waals surface area contributed by atoms with Crippen molar-refractivity contribution < 1.29 is 17.9 Å². The SMILES string of the molecule is NCc1ccc(Oc2ccc(Cl)cc2Br)c(C(F)(F)F)c1. The minimum Gasteiger partial charge on any atom is -0.456 e. The molecule has 0 atom stereocenters. The van der Waals surface area contributed by atoms with Gasteiger partial charge >= 0.3 is 6.18 Å². The summed E-state index contributed by atoms with van der Waals surface area (Å²) in [6.07, 6.45) is -4.53. The molecule has 0 aromatic heterocycles. The van der Waals surface area contributed by atoms with Gasteiger partial charge in [-0.15, -0.1) is 0 Å². The van der Waals surface area contributed by atoms with Crippen LogP contribution in [0.15, 0.2) is 40.9 Å². The summed E-state index contributed by atoms with van der Waals surface area (Å²) in [6.45, 7) is 0.0218. The standard InChI is InChI=1S/C14H10BrClF3NO/c15-11-6-9(16)2-4-13(11)21-12-3-1-8(7-20)5-10(12)14(17,18)19/h1-6H,7,20H2. The summed E-state index contributed by atoms with van der Waals surface area (Å²) in [5, 5.41) is 0.448. The average molecular weight is 381 g/mol. The first-order chi connectivity index (χ1) is 9.81. The quantitative estimate of drug-likeness (QED) is 0.777.